The van der Waals surface area contributed by atoms with Crippen molar-refractivity contribution < 1.29 is 9.90 Å². The van der Waals surface area contributed by atoms with Gasteiger partial charge in [0.25, 0.3) is 0 Å². The highest BCUT2D eigenvalue weighted by Crippen LogP contribution is 2.24. The first kappa shape index (κ1) is 17.2. The van der Waals surface area contributed by atoms with Crippen molar-refractivity contribution in [2.75, 3.05) is 32.7 Å². The molecule has 22 heavy (non-hydrogen) atoms. The second-order valence-corrected chi connectivity index (χ2v) is 7.22. The molecule has 1 aliphatic rings. The lowest BCUT2D eigenvalue weighted by molar-refractivity contribution is 0.0631. The topological polar surface area (TPSA) is 64.6 Å². The van der Waals surface area contributed by atoms with Gasteiger partial charge in [-0.1, -0.05) is 13.0 Å². The van der Waals surface area contributed by atoms with Gasteiger partial charge < -0.3 is 20.6 Å². The highest BCUT2D eigenvalue weighted by molar-refractivity contribution is 7.10. The quantitative estimate of drug-likeness (QED) is 0.718. The largest absolute Gasteiger partial charge is 0.383 e. The number of likely N-dealkylation sites (tertiary alicyclic amines) is 1. The van der Waals surface area contributed by atoms with Crippen LogP contribution in [0, 0.1) is 5.92 Å². The Bertz CT molecular complexity index is 462. The third-order valence-electron chi connectivity index (χ3n) is 4.11. The molecule has 1 saturated heterocycles. The Balaban J connectivity index is 1.66. The summed E-state index contributed by atoms with van der Waals surface area (Å²) in [5.41, 5.74) is -1.02. The molecule has 1 fully saturated rings. The molecule has 0 aromatic carbocycles. The summed E-state index contributed by atoms with van der Waals surface area (Å²) in [6.45, 7) is 8.18. The second-order valence-electron chi connectivity index (χ2n) is 6.27. The van der Waals surface area contributed by atoms with Crippen molar-refractivity contribution >= 4 is 17.4 Å². The molecule has 0 bridgehead atoms. The SMILES string of the molecule is CCCN1CCC(CNC(=O)NCC(C)(O)c2cccs2)C1. The molecule has 5 nitrogen and oxygen atoms in total. The molecule has 2 atom stereocenters. The van der Waals surface area contributed by atoms with E-state index in [2.05, 4.69) is 22.5 Å². The molecule has 0 aliphatic carbocycles. The number of nitrogens with zero attached hydrogens (tertiary/aromatic N) is 1. The van der Waals surface area contributed by atoms with Crippen LogP contribution in [0.2, 0.25) is 0 Å². The van der Waals surface area contributed by atoms with Gasteiger partial charge >= 0.3 is 6.03 Å². The maximum absolute atomic E-state index is 11.9. The smallest absolute Gasteiger partial charge is 0.314 e. The number of thiophene rings is 1. The number of urea groups is 1. The maximum Gasteiger partial charge on any atom is 0.314 e. The Morgan fingerprint density at radius 2 is 2.36 bits per heavy atom. The van der Waals surface area contributed by atoms with Gasteiger partial charge in [-0.05, 0) is 50.2 Å². The second kappa shape index (κ2) is 7.94. The molecule has 124 valence electrons. The molecule has 2 heterocycles. The number of amides is 2. The molecule has 0 saturated carbocycles. The van der Waals surface area contributed by atoms with Crippen LogP contribution in [-0.2, 0) is 5.60 Å². The molecule has 1 aromatic heterocycles. The van der Waals surface area contributed by atoms with Gasteiger partial charge in [0.1, 0.15) is 5.60 Å². The first-order valence-electron chi connectivity index (χ1n) is 8.01. The summed E-state index contributed by atoms with van der Waals surface area (Å²) < 4.78 is 0. The number of aliphatic hydroxyl groups is 1. The van der Waals surface area contributed by atoms with E-state index in [4.69, 9.17) is 0 Å². The molecule has 2 rings (SSSR count). The summed E-state index contributed by atoms with van der Waals surface area (Å²) in [5.74, 6) is 0.537. The average Bonchev–Trinajstić information content (AvgIpc) is 3.15. The molecule has 1 aliphatic heterocycles. The Morgan fingerprint density at radius 3 is 3.05 bits per heavy atom. The van der Waals surface area contributed by atoms with Crippen LogP contribution in [-0.4, -0.2) is 48.8 Å². The van der Waals surface area contributed by atoms with Crippen molar-refractivity contribution in [3.05, 3.63) is 22.4 Å². The zero-order chi connectivity index (χ0) is 16.0. The van der Waals surface area contributed by atoms with Gasteiger partial charge in [0, 0.05) is 18.0 Å². The predicted molar refractivity (Wildman–Crippen MR) is 90.1 cm³/mol. The number of hydrogen-bond donors (Lipinski definition) is 3. The Morgan fingerprint density at radius 1 is 1.55 bits per heavy atom. The fourth-order valence-corrected chi connectivity index (χ4v) is 3.61. The van der Waals surface area contributed by atoms with Crippen molar-refractivity contribution in [3.63, 3.8) is 0 Å². The highest BCUT2D eigenvalue weighted by Gasteiger charge is 2.25. The predicted octanol–water partition coefficient (Wildman–Crippen LogP) is 1.99. The van der Waals surface area contributed by atoms with Gasteiger partial charge in [-0.15, -0.1) is 11.3 Å². The first-order chi connectivity index (χ1) is 10.5. The van der Waals surface area contributed by atoms with Gasteiger partial charge in [0.05, 0.1) is 6.54 Å². The normalized spacial score (nSPS) is 21.5. The van der Waals surface area contributed by atoms with Gasteiger partial charge in [-0.2, -0.15) is 0 Å². The summed E-state index contributed by atoms with van der Waals surface area (Å²) in [5, 5.41) is 18.0. The first-order valence-corrected chi connectivity index (χ1v) is 8.89. The van der Waals surface area contributed by atoms with Crippen LogP contribution < -0.4 is 10.6 Å². The average molecular weight is 325 g/mol. The Labute approximate surface area is 136 Å². The fraction of sp³-hybridized carbons (Fsp3) is 0.688. The van der Waals surface area contributed by atoms with Crippen LogP contribution in [0.5, 0.6) is 0 Å². The summed E-state index contributed by atoms with van der Waals surface area (Å²) in [6, 6.07) is 3.58. The molecular weight excluding hydrogens is 298 g/mol. The van der Waals surface area contributed by atoms with Crippen LogP contribution in [0.15, 0.2) is 17.5 Å². The van der Waals surface area contributed by atoms with Crippen LogP contribution in [0.3, 0.4) is 0 Å². The van der Waals surface area contributed by atoms with Crippen molar-refractivity contribution in [1.29, 1.82) is 0 Å². The van der Waals surface area contributed by atoms with Gasteiger partial charge in [-0.3, -0.25) is 0 Å². The summed E-state index contributed by atoms with van der Waals surface area (Å²) in [4.78, 5) is 15.2. The zero-order valence-corrected chi connectivity index (χ0v) is 14.3. The highest BCUT2D eigenvalue weighted by atomic mass is 32.1. The molecule has 0 spiro atoms. The van der Waals surface area contributed by atoms with Crippen molar-refractivity contribution in [2.24, 2.45) is 5.92 Å². The standard InChI is InChI=1S/C16H27N3O2S/c1-3-7-19-8-6-13(11-19)10-17-15(20)18-12-16(2,21)14-5-4-9-22-14/h4-5,9,13,21H,3,6-8,10-12H2,1-2H3,(H2,17,18,20). The van der Waals surface area contributed by atoms with Crippen molar-refractivity contribution in [2.45, 2.75) is 32.3 Å². The minimum absolute atomic E-state index is 0.203. The minimum Gasteiger partial charge on any atom is -0.383 e. The van der Waals surface area contributed by atoms with E-state index in [1.165, 1.54) is 17.8 Å². The lowest BCUT2D eigenvalue weighted by Gasteiger charge is -2.22. The number of rotatable bonds is 7. The van der Waals surface area contributed by atoms with E-state index in [9.17, 15) is 9.90 Å². The molecular formula is C16H27N3O2S. The van der Waals surface area contributed by atoms with Gasteiger partial charge in [0.2, 0.25) is 0 Å². The van der Waals surface area contributed by atoms with E-state index in [1.807, 2.05) is 17.5 Å². The molecule has 2 amide bonds. The summed E-state index contributed by atoms with van der Waals surface area (Å²) >= 11 is 1.49. The van der Waals surface area contributed by atoms with E-state index in [-0.39, 0.29) is 12.6 Å². The third-order valence-corrected chi connectivity index (χ3v) is 5.23. The summed E-state index contributed by atoms with van der Waals surface area (Å²) in [7, 11) is 0. The van der Waals surface area contributed by atoms with Gasteiger partial charge in [-0.25, -0.2) is 4.79 Å². The third kappa shape index (κ3) is 4.97. The van der Waals surface area contributed by atoms with Crippen LogP contribution in [0.25, 0.3) is 0 Å². The fourth-order valence-electron chi connectivity index (χ4n) is 2.82. The van der Waals surface area contributed by atoms with Crippen LogP contribution >= 0.6 is 11.3 Å². The van der Waals surface area contributed by atoms with E-state index in [0.717, 1.165) is 30.9 Å². The molecule has 1 aromatic rings. The Kier molecular flexibility index (Phi) is 6.23. The monoisotopic (exact) mass is 325 g/mol. The molecule has 6 heteroatoms. The molecule has 3 N–H and O–H groups in total. The van der Waals surface area contributed by atoms with E-state index in [1.54, 1.807) is 6.92 Å². The lowest BCUT2D eigenvalue weighted by Crippen LogP contribution is -2.44. The van der Waals surface area contributed by atoms with E-state index < -0.39 is 5.60 Å². The van der Waals surface area contributed by atoms with Crippen LogP contribution in [0.1, 0.15) is 31.6 Å². The molecule has 0 radical (unpaired) electrons. The number of nitrogens with one attached hydrogen (secondary N) is 2. The van der Waals surface area contributed by atoms with Gasteiger partial charge in [0.15, 0.2) is 0 Å². The van der Waals surface area contributed by atoms with Crippen LogP contribution in [0.4, 0.5) is 4.79 Å². The number of hydrogen-bond acceptors (Lipinski definition) is 4. The number of carbonyl (C=O) groups excluding carboxylic acids is 1. The minimum atomic E-state index is -1.02. The maximum atomic E-state index is 11.9. The van der Waals surface area contributed by atoms with E-state index >= 15 is 0 Å². The lowest BCUT2D eigenvalue weighted by atomic mass is 10.1. The Hall–Kier alpha value is -1.11. The number of carbonyl (C=O) groups is 1. The van der Waals surface area contributed by atoms with E-state index in [0.29, 0.717) is 12.5 Å². The van der Waals surface area contributed by atoms with Crippen molar-refractivity contribution in [1.82, 2.24) is 15.5 Å². The summed E-state index contributed by atoms with van der Waals surface area (Å²) in [6.07, 6.45) is 2.33. The van der Waals surface area contributed by atoms with Crippen molar-refractivity contribution in [3.8, 4) is 0 Å². The molecule has 2 unspecified atom stereocenters. The zero-order valence-electron chi connectivity index (χ0n) is 13.5.